The molecule has 0 saturated carbocycles. The Morgan fingerprint density at radius 1 is 1.43 bits per heavy atom. The van der Waals surface area contributed by atoms with Gasteiger partial charge in [-0.25, -0.2) is 19.2 Å². The molecular weight excluding hydrogens is 295 g/mol. The van der Waals surface area contributed by atoms with Crippen LogP contribution >= 0.6 is 11.6 Å². The van der Waals surface area contributed by atoms with E-state index in [9.17, 15) is 9.18 Å². The average Bonchev–Trinajstić information content (AvgIpc) is 2.49. The second kappa shape index (κ2) is 6.63. The van der Waals surface area contributed by atoms with Crippen LogP contribution in [0.5, 0.6) is 0 Å². The Morgan fingerprint density at radius 3 is 2.81 bits per heavy atom. The highest BCUT2D eigenvalue weighted by Gasteiger charge is 2.16. The first kappa shape index (κ1) is 15.4. The third-order valence-corrected chi connectivity index (χ3v) is 3.16. The molecule has 0 aliphatic carbocycles. The predicted molar refractivity (Wildman–Crippen MR) is 77.7 cm³/mol. The number of halogens is 2. The molecule has 0 spiro atoms. The number of ether oxygens (including phenoxy) is 1. The van der Waals surface area contributed by atoms with Gasteiger partial charge in [0.1, 0.15) is 11.4 Å². The molecule has 0 N–H and O–H groups in total. The molecule has 0 aliphatic rings. The molecule has 0 bridgehead atoms. The molecule has 1 heterocycles. The lowest BCUT2D eigenvalue weighted by Gasteiger charge is -2.08. The van der Waals surface area contributed by atoms with Crippen molar-refractivity contribution in [3.8, 4) is 11.4 Å². The van der Waals surface area contributed by atoms with Gasteiger partial charge < -0.3 is 4.74 Å². The van der Waals surface area contributed by atoms with Crippen molar-refractivity contribution in [2.45, 2.75) is 19.7 Å². The first-order valence-electron chi connectivity index (χ1n) is 6.42. The molecule has 2 rings (SSSR count). The van der Waals surface area contributed by atoms with E-state index in [2.05, 4.69) is 9.97 Å². The molecule has 0 saturated heterocycles. The van der Waals surface area contributed by atoms with Crippen molar-refractivity contribution in [3.05, 3.63) is 47.0 Å². The summed E-state index contributed by atoms with van der Waals surface area (Å²) in [4.78, 5) is 20.2. The minimum Gasteiger partial charge on any atom is -0.462 e. The van der Waals surface area contributed by atoms with E-state index >= 15 is 0 Å². The highest BCUT2D eigenvalue weighted by Crippen LogP contribution is 2.20. The fourth-order valence-corrected chi connectivity index (χ4v) is 2.02. The predicted octanol–water partition coefficient (Wildman–Crippen LogP) is 3.51. The van der Waals surface area contributed by atoms with Gasteiger partial charge in [-0.05, 0) is 37.6 Å². The van der Waals surface area contributed by atoms with Crippen LogP contribution in [0.2, 0.25) is 0 Å². The Labute approximate surface area is 126 Å². The van der Waals surface area contributed by atoms with Gasteiger partial charge in [-0.3, -0.25) is 0 Å². The van der Waals surface area contributed by atoms with Crippen molar-refractivity contribution in [1.82, 2.24) is 9.97 Å². The Morgan fingerprint density at radius 2 is 2.19 bits per heavy atom. The number of esters is 1. The zero-order chi connectivity index (χ0) is 15.4. The summed E-state index contributed by atoms with van der Waals surface area (Å²) in [5, 5.41) is 0. The quantitative estimate of drug-likeness (QED) is 0.640. The van der Waals surface area contributed by atoms with Gasteiger partial charge in [-0.15, -0.1) is 11.6 Å². The van der Waals surface area contributed by atoms with Crippen LogP contribution in [0.25, 0.3) is 11.4 Å². The van der Waals surface area contributed by atoms with Gasteiger partial charge in [0.05, 0.1) is 18.2 Å². The van der Waals surface area contributed by atoms with Gasteiger partial charge in [0.2, 0.25) is 0 Å². The first-order chi connectivity index (χ1) is 10.1. The molecule has 0 fully saturated rings. The number of rotatable bonds is 4. The fourth-order valence-electron chi connectivity index (χ4n) is 1.82. The van der Waals surface area contributed by atoms with Crippen molar-refractivity contribution < 1.29 is 13.9 Å². The summed E-state index contributed by atoms with van der Waals surface area (Å²) in [6.07, 6.45) is 1.39. The third kappa shape index (κ3) is 3.36. The second-order valence-corrected chi connectivity index (χ2v) is 4.64. The van der Waals surface area contributed by atoms with E-state index in [0.717, 1.165) is 0 Å². The van der Waals surface area contributed by atoms with Gasteiger partial charge in [0.15, 0.2) is 5.82 Å². The van der Waals surface area contributed by atoms with E-state index < -0.39 is 5.97 Å². The zero-order valence-corrected chi connectivity index (χ0v) is 12.4. The lowest BCUT2D eigenvalue weighted by Crippen LogP contribution is -2.10. The van der Waals surface area contributed by atoms with Crippen LogP contribution in [-0.4, -0.2) is 22.5 Å². The smallest absolute Gasteiger partial charge is 0.341 e. The molecule has 0 atom stereocenters. The summed E-state index contributed by atoms with van der Waals surface area (Å²) in [6.45, 7) is 3.64. The van der Waals surface area contributed by atoms with Crippen molar-refractivity contribution in [2.24, 2.45) is 0 Å². The van der Waals surface area contributed by atoms with Gasteiger partial charge in [-0.2, -0.15) is 0 Å². The summed E-state index contributed by atoms with van der Waals surface area (Å²) >= 11 is 5.83. The summed E-state index contributed by atoms with van der Waals surface area (Å²) in [5.41, 5.74) is 1.80. The summed E-state index contributed by atoms with van der Waals surface area (Å²) in [7, 11) is 0. The van der Waals surface area contributed by atoms with Crippen LogP contribution in [0.15, 0.2) is 24.4 Å². The van der Waals surface area contributed by atoms with Gasteiger partial charge in [0, 0.05) is 11.8 Å². The number of hydrogen-bond donors (Lipinski definition) is 0. The maximum atomic E-state index is 13.3. The van der Waals surface area contributed by atoms with E-state index in [1.807, 2.05) is 0 Å². The molecule has 0 aliphatic heterocycles. The number of carbonyl (C=O) groups excluding carboxylic acids is 1. The van der Waals surface area contributed by atoms with E-state index in [4.69, 9.17) is 16.3 Å². The Hall–Kier alpha value is -2.01. The number of nitrogens with zero attached hydrogens (tertiary/aromatic N) is 2. The molecule has 21 heavy (non-hydrogen) atoms. The van der Waals surface area contributed by atoms with Crippen LogP contribution in [0.1, 0.15) is 28.5 Å². The molecule has 0 amide bonds. The van der Waals surface area contributed by atoms with Crippen LogP contribution in [-0.2, 0) is 10.6 Å². The number of carbonyl (C=O) groups is 1. The van der Waals surface area contributed by atoms with Crippen LogP contribution in [0, 0.1) is 12.7 Å². The average molecular weight is 309 g/mol. The molecule has 2 aromatic rings. The van der Waals surface area contributed by atoms with Crippen molar-refractivity contribution in [3.63, 3.8) is 0 Å². The van der Waals surface area contributed by atoms with E-state index in [0.29, 0.717) is 22.6 Å². The standard InChI is InChI=1S/C15H14ClFN2O2/c1-3-21-15(20)11-8-18-14(19-13(11)7-16)10-4-5-12(17)9(2)6-10/h4-6,8H,3,7H2,1-2H3. The molecule has 1 aromatic heterocycles. The first-order valence-corrected chi connectivity index (χ1v) is 6.95. The highest BCUT2D eigenvalue weighted by atomic mass is 35.5. The highest BCUT2D eigenvalue weighted by molar-refractivity contribution is 6.17. The number of aryl methyl sites for hydroxylation is 1. The van der Waals surface area contributed by atoms with Gasteiger partial charge in [-0.1, -0.05) is 0 Å². The largest absolute Gasteiger partial charge is 0.462 e. The molecular formula is C15H14ClFN2O2. The molecule has 0 unspecified atom stereocenters. The van der Waals surface area contributed by atoms with E-state index in [1.54, 1.807) is 26.0 Å². The van der Waals surface area contributed by atoms with Gasteiger partial charge in [0.25, 0.3) is 0 Å². The number of aromatic nitrogens is 2. The molecule has 1 aromatic carbocycles. The monoisotopic (exact) mass is 308 g/mol. The summed E-state index contributed by atoms with van der Waals surface area (Å²) in [6, 6.07) is 4.58. The second-order valence-electron chi connectivity index (χ2n) is 4.37. The number of hydrogen-bond acceptors (Lipinski definition) is 4. The molecule has 6 heteroatoms. The lowest BCUT2D eigenvalue weighted by atomic mass is 10.1. The maximum absolute atomic E-state index is 13.3. The lowest BCUT2D eigenvalue weighted by molar-refractivity contribution is 0.0524. The van der Waals surface area contributed by atoms with Crippen LogP contribution < -0.4 is 0 Å². The third-order valence-electron chi connectivity index (χ3n) is 2.91. The van der Waals surface area contributed by atoms with Crippen LogP contribution in [0.4, 0.5) is 4.39 Å². The van der Waals surface area contributed by atoms with Gasteiger partial charge >= 0.3 is 5.97 Å². The normalized spacial score (nSPS) is 10.5. The minimum atomic E-state index is -0.505. The fraction of sp³-hybridized carbons (Fsp3) is 0.267. The number of alkyl halides is 1. The van der Waals surface area contributed by atoms with Crippen LogP contribution in [0.3, 0.4) is 0 Å². The van der Waals surface area contributed by atoms with E-state index in [-0.39, 0.29) is 23.9 Å². The SMILES string of the molecule is CCOC(=O)c1cnc(-c2ccc(F)c(C)c2)nc1CCl. The summed E-state index contributed by atoms with van der Waals surface area (Å²) in [5.74, 6) is -0.347. The Balaban J connectivity index is 2.42. The molecule has 4 nitrogen and oxygen atoms in total. The van der Waals surface area contributed by atoms with Crippen molar-refractivity contribution >= 4 is 17.6 Å². The Kier molecular flexibility index (Phi) is 4.85. The maximum Gasteiger partial charge on any atom is 0.341 e. The summed E-state index contributed by atoms with van der Waals surface area (Å²) < 4.78 is 18.2. The van der Waals surface area contributed by atoms with E-state index in [1.165, 1.54) is 12.3 Å². The molecule has 0 radical (unpaired) electrons. The molecule has 110 valence electrons. The van der Waals surface area contributed by atoms with Crippen molar-refractivity contribution in [1.29, 1.82) is 0 Å². The van der Waals surface area contributed by atoms with Crippen molar-refractivity contribution in [2.75, 3.05) is 6.61 Å². The minimum absolute atomic E-state index is 0.0594. The topological polar surface area (TPSA) is 52.1 Å². The zero-order valence-electron chi connectivity index (χ0n) is 11.7. The number of benzene rings is 1. The Bertz CT molecular complexity index is 677.